The standard InChI is InChI=1S/C23H22ClN3O10S/c1-11-9-16(29)27(11)19(21(32)33)23(2,38(35)36)10-25-26-20(31)12-3-5-13(6-4-12)37-22(34)14-7-8-15(28)18(30)17(14)24/h3-8,10-11,19,28,30H,9H2,1-2H3,(H,26,31)(H,32,33)(H,35,36)/p-1/b25-10+/t11-,19+,23+/m1/s1. The molecule has 0 radical (unpaired) electrons. The highest BCUT2D eigenvalue weighted by Crippen LogP contribution is 2.36. The SMILES string of the molecule is C[C@@H]1CC(=O)N1[C@@H](C(=O)O)[C@](C)(/C=N/NC(=O)c1ccc(OC(=O)c2ccc(O)c(O)c2Cl)cc1)S(=O)[O-]. The normalized spacial score (nSPS) is 18.3. The number of aliphatic carboxylic acids is 1. The number of aromatic hydroxyl groups is 2. The monoisotopic (exact) mass is 566 g/mol. The van der Waals surface area contributed by atoms with Gasteiger partial charge >= 0.3 is 11.9 Å². The molecule has 3 rings (SSSR count). The number of carbonyl (C=O) groups excluding carboxylic acids is 3. The second-order valence-corrected chi connectivity index (χ2v) is 10.1. The molecule has 2 amide bonds. The molecule has 0 aromatic heterocycles. The number of esters is 1. The van der Waals surface area contributed by atoms with Crippen molar-refractivity contribution in [2.45, 2.75) is 37.1 Å². The van der Waals surface area contributed by atoms with Crippen LogP contribution in [0, 0.1) is 0 Å². The average molecular weight is 567 g/mol. The Bertz CT molecular complexity index is 1350. The summed E-state index contributed by atoms with van der Waals surface area (Å²) in [5, 5.41) is 31.9. The van der Waals surface area contributed by atoms with Gasteiger partial charge in [-0.2, -0.15) is 5.10 Å². The summed E-state index contributed by atoms with van der Waals surface area (Å²) >= 11 is 2.80. The first-order valence-electron chi connectivity index (χ1n) is 10.8. The third-order valence-electron chi connectivity index (χ3n) is 5.78. The average Bonchev–Trinajstić information content (AvgIpc) is 2.85. The van der Waals surface area contributed by atoms with Gasteiger partial charge in [0.15, 0.2) is 17.5 Å². The number of carboxylic acids is 1. The number of halogens is 1. The minimum absolute atomic E-state index is 0.00523. The lowest BCUT2D eigenvalue weighted by atomic mass is 9.92. The Morgan fingerprint density at radius 1 is 1.26 bits per heavy atom. The van der Waals surface area contributed by atoms with Crippen LogP contribution in [0.1, 0.15) is 41.0 Å². The first-order chi connectivity index (χ1) is 17.8. The third kappa shape index (κ3) is 5.61. The van der Waals surface area contributed by atoms with Crippen LogP contribution < -0.4 is 10.2 Å². The van der Waals surface area contributed by atoms with Crippen molar-refractivity contribution < 1.29 is 48.0 Å². The lowest BCUT2D eigenvalue weighted by Crippen LogP contribution is -2.67. The molecule has 1 saturated heterocycles. The van der Waals surface area contributed by atoms with Crippen molar-refractivity contribution in [2.24, 2.45) is 5.10 Å². The largest absolute Gasteiger partial charge is 0.772 e. The van der Waals surface area contributed by atoms with E-state index in [0.29, 0.717) is 0 Å². The Kier molecular flexibility index (Phi) is 8.39. The summed E-state index contributed by atoms with van der Waals surface area (Å²) < 4.78 is 26.9. The number of phenols is 2. The molecular formula is C23H21ClN3O10S-. The van der Waals surface area contributed by atoms with Gasteiger partial charge in [0.2, 0.25) is 5.91 Å². The molecule has 4 N–H and O–H groups in total. The fourth-order valence-electron chi connectivity index (χ4n) is 3.67. The number of hydrogen-bond acceptors (Lipinski definition) is 10. The summed E-state index contributed by atoms with van der Waals surface area (Å²) in [5.41, 5.74) is 1.89. The molecule has 15 heteroatoms. The van der Waals surface area contributed by atoms with Crippen LogP contribution in [0.2, 0.25) is 5.02 Å². The molecule has 202 valence electrons. The molecule has 1 fully saturated rings. The van der Waals surface area contributed by atoms with Gasteiger partial charge in [-0.05, 0) is 61.3 Å². The highest BCUT2D eigenvalue weighted by molar-refractivity contribution is 7.81. The summed E-state index contributed by atoms with van der Waals surface area (Å²) in [7, 11) is 0. The smallest absolute Gasteiger partial charge is 0.345 e. The maximum Gasteiger partial charge on any atom is 0.345 e. The van der Waals surface area contributed by atoms with Gasteiger partial charge in [-0.1, -0.05) is 11.6 Å². The van der Waals surface area contributed by atoms with Gasteiger partial charge in [0.05, 0.1) is 10.3 Å². The molecule has 38 heavy (non-hydrogen) atoms. The second kappa shape index (κ2) is 11.2. The fourth-order valence-corrected chi connectivity index (χ4v) is 4.44. The van der Waals surface area contributed by atoms with Crippen LogP contribution in [-0.2, 0) is 20.7 Å². The fraction of sp³-hybridized carbons (Fsp3) is 0.261. The number of benzene rings is 2. The molecule has 2 aromatic rings. The predicted molar refractivity (Wildman–Crippen MR) is 132 cm³/mol. The van der Waals surface area contributed by atoms with E-state index in [0.717, 1.165) is 30.2 Å². The Hall–Kier alpha value is -4.01. The molecule has 0 spiro atoms. The zero-order valence-corrected chi connectivity index (χ0v) is 21.4. The van der Waals surface area contributed by atoms with Gasteiger partial charge in [-0.15, -0.1) is 0 Å². The van der Waals surface area contributed by atoms with Crippen LogP contribution in [-0.4, -0.2) is 75.8 Å². The van der Waals surface area contributed by atoms with E-state index in [9.17, 15) is 43.3 Å². The van der Waals surface area contributed by atoms with Gasteiger partial charge in [-0.25, -0.2) is 15.0 Å². The summed E-state index contributed by atoms with van der Waals surface area (Å²) in [6.07, 6.45) is 0.813. The molecule has 1 aliphatic heterocycles. The van der Waals surface area contributed by atoms with E-state index in [1.165, 1.54) is 24.3 Å². The highest BCUT2D eigenvalue weighted by atomic mass is 35.5. The first kappa shape index (κ1) is 28.6. The van der Waals surface area contributed by atoms with Crippen LogP contribution in [0.5, 0.6) is 17.2 Å². The van der Waals surface area contributed by atoms with Crippen molar-refractivity contribution >= 4 is 52.6 Å². The maximum absolute atomic E-state index is 12.4. The summed E-state index contributed by atoms with van der Waals surface area (Å²) in [6, 6.07) is 4.99. The Labute approximate surface area is 222 Å². The highest BCUT2D eigenvalue weighted by Gasteiger charge is 2.51. The Morgan fingerprint density at radius 3 is 2.42 bits per heavy atom. The molecule has 4 atom stereocenters. The summed E-state index contributed by atoms with van der Waals surface area (Å²) in [5.74, 6) is -5.03. The molecular weight excluding hydrogens is 546 g/mol. The minimum atomic E-state index is -3.04. The van der Waals surface area contributed by atoms with Crippen LogP contribution in [0.4, 0.5) is 0 Å². The van der Waals surface area contributed by atoms with Crippen LogP contribution in [0.25, 0.3) is 0 Å². The minimum Gasteiger partial charge on any atom is -0.772 e. The van der Waals surface area contributed by atoms with Crippen molar-refractivity contribution in [3.63, 3.8) is 0 Å². The number of hydrogen-bond donors (Lipinski definition) is 4. The van der Waals surface area contributed by atoms with Crippen LogP contribution in [0.15, 0.2) is 41.5 Å². The Morgan fingerprint density at radius 2 is 1.89 bits per heavy atom. The number of nitrogens with zero attached hydrogens (tertiary/aromatic N) is 2. The third-order valence-corrected chi connectivity index (χ3v) is 7.21. The topological polar surface area (TPSA) is 206 Å². The van der Waals surface area contributed by atoms with E-state index in [2.05, 4.69) is 10.5 Å². The van der Waals surface area contributed by atoms with Crippen molar-refractivity contribution in [3.05, 3.63) is 52.5 Å². The van der Waals surface area contributed by atoms with Gasteiger partial charge in [-0.3, -0.25) is 13.8 Å². The lowest BCUT2D eigenvalue weighted by Gasteiger charge is -2.48. The number of carboxylic acid groups (broad SMARTS) is 1. The Balaban J connectivity index is 1.70. The van der Waals surface area contributed by atoms with E-state index in [-0.39, 0.29) is 23.3 Å². The molecule has 1 aliphatic rings. The van der Waals surface area contributed by atoms with Gasteiger partial charge in [0, 0.05) is 24.2 Å². The molecule has 2 aromatic carbocycles. The number of carbonyl (C=O) groups is 4. The van der Waals surface area contributed by atoms with Crippen molar-refractivity contribution in [3.8, 4) is 17.2 Å². The van der Waals surface area contributed by atoms with Crippen molar-refractivity contribution in [2.75, 3.05) is 0 Å². The zero-order chi connectivity index (χ0) is 28.4. The van der Waals surface area contributed by atoms with Crippen LogP contribution in [0.3, 0.4) is 0 Å². The maximum atomic E-state index is 12.4. The number of rotatable bonds is 9. The number of phenolic OH excluding ortho intramolecular Hbond substituents is 2. The predicted octanol–water partition coefficient (Wildman–Crippen LogP) is 1.40. The van der Waals surface area contributed by atoms with Crippen LogP contribution >= 0.6 is 11.6 Å². The number of nitrogens with one attached hydrogen (secondary N) is 1. The zero-order valence-electron chi connectivity index (χ0n) is 19.8. The van der Waals surface area contributed by atoms with Gasteiger partial charge in [0.25, 0.3) is 5.91 Å². The van der Waals surface area contributed by atoms with E-state index >= 15 is 0 Å². The van der Waals surface area contributed by atoms with Crippen molar-refractivity contribution in [1.82, 2.24) is 10.3 Å². The number of ether oxygens (including phenoxy) is 1. The lowest BCUT2D eigenvalue weighted by molar-refractivity contribution is -0.161. The number of likely N-dealkylation sites (tertiary alicyclic amines) is 1. The number of β-lactam (4-membered cyclic amide) rings is 1. The van der Waals surface area contributed by atoms with Crippen molar-refractivity contribution in [1.29, 1.82) is 0 Å². The van der Waals surface area contributed by atoms with Gasteiger partial charge < -0.3 is 29.5 Å². The van der Waals surface area contributed by atoms with E-state index in [1.54, 1.807) is 6.92 Å². The first-order valence-corrected chi connectivity index (χ1v) is 12.2. The molecule has 0 bridgehead atoms. The van der Waals surface area contributed by atoms with E-state index < -0.39 is 68.2 Å². The number of hydrazone groups is 1. The summed E-state index contributed by atoms with van der Waals surface area (Å²) in [6.45, 7) is 2.64. The second-order valence-electron chi connectivity index (χ2n) is 8.42. The van der Waals surface area contributed by atoms with Gasteiger partial charge in [0.1, 0.15) is 10.8 Å². The molecule has 1 unspecified atom stereocenters. The molecule has 1 heterocycles. The summed E-state index contributed by atoms with van der Waals surface area (Å²) in [4.78, 5) is 49.5. The molecule has 0 aliphatic carbocycles. The van der Waals surface area contributed by atoms with E-state index in [1.807, 2.05) is 0 Å². The quantitative estimate of drug-likeness (QED) is 0.0652. The number of amides is 2. The molecule has 13 nitrogen and oxygen atoms in total. The van der Waals surface area contributed by atoms with E-state index in [4.69, 9.17) is 16.3 Å². The molecule has 0 saturated carbocycles.